The highest BCUT2D eigenvalue weighted by molar-refractivity contribution is 5.90. The van der Waals surface area contributed by atoms with Gasteiger partial charge < -0.3 is 24.0 Å². The first-order valence-electron chi connectivity index (χ1n) is 18.8. The summed E-state index contributed by atoms with van der Waals surface area (Å²) in [6, 6.07) is 14.5. The summed E-state index contributed by atoms with van der Waals surface area (Å²) >= 11 is 0. The van der Waals surface area contributed by atoms with E-state index in [-0.39, 0.29) is 28.3 Å². The van der Waals surface area contributed by atoms with Gasteiger partial charge in [0.05, 0.1) is 17.5 Å². The molecule has 3 atom stereocenters. The van der Waals surface area contributed by atoms with Gasteiger partial charge in [-0.25, -0.2) is 14.6 Å². The number of ether oxygens (including phenoxy) is 3. The third kappa shape index (κ3) is 6.88. The lowest BCUT2D eigenvalue weighted by atomic mass is 9.71. The van der Waals surface area contributed by atoms with Crippen molar-refractivity contribution in [2.45, 2.75) is 94.1 Å². The summed E-state index contributed by atoms with van der Waals surface area (Å²) in [5.74, 6) is 0.548. The summed E-state index contributed by atoms with van der Waals surface area (Å²) in [5.41, 5.74) is 4.53. The van der Waals surface area contributed by atoms with Gasteiger partial charge in [-0.1, -0.05) is 90.8 Å². The van der Waals surface area contributed by atoms with Crippen LogP contribution in [0.5, 0.6) is 0 Å². The SMILES string of the molecule is Cc1ccc(C(=O)OC[C@H]2O[C@@H](n3cnc4c(N5CC(C)(C)C(C)(C)C5)nc(N5CC(C)(C)C(C)(C)C5)nc43)C[C@@H]2OC(=O)c2ccc(C)cc2)cc1. The van der Waals surface area contributed by atoms with Gasteiger partial charge in [-0.2, -0.15) is 9.97 Å². The highest BCUT2D eigenvalue weighted by atomic mass is 16.6. The number of aromatic nitrogens is 4. The minimum absolute atomic E-state index is 0.0513. The van der Waals surface area contributed by atoms with Crippen LogP contribution >= 0.6 is 0 Å². The second-order valence-corrected chi connectivity index (χ2v) is 18.1. The zero-order chi connectivity index (χ0) is 38.1. The molecule has 11 nitrogen and oxygen atoms in total. The van der Waals surface area contributed by atoms with E-state index in [1.54, 1.807) is 30.6 Å². The molecule has 0 radical (unpaired) electrons. The van der Waals surface area contributed by atoms with Crippen LogP contribution in [0.4, 0.5) is 11.8 Å². The molecule has 0 unspecified atom stereocenters. The monoisotopic (exact) mass is 722 g/mol. The van der Waals surface area contributed by atoms with E-state index >= 15 is 0 Å². The topological polar surface area (TPSA) is 112 Å². The van der Waals surface area contributed by atoms with Crippen molar-refractivity contribution in [1.29, 1.82) is 0 Å². The number of hydrogen-bond acceptors (Lipinski definition) is 10. The molecular formula is C42H54N6O5. The fourth-order valence-electron chi connectivity index (χ4n) is 7.60. The maximum atomic E-state index is 13.4. The lowest BCUT2D eigenvalue weighted by molar-refractivity contribution is -0.0563. The number of esters is 2. The van der Waals surface area contributed by atoms with Gasteiger partial charge in [-0.3, -0.25) is 4.57 Å². The van der Waals surface area contributed by atoms with Crippen LogP contribution in [0.1, 0.15) is 99.9 Å². The van der Waals surface area contributed by atoms with E-state index in [1.807, 2.05) is 42.7 Å². The molecule has 5 heterocycles. The van der Waals surface area contributed by atoms with Crippen LogP contribution in [0, 0.1) is 35.5 Å². The number of aryl methyl sites for hydroxylation is 2. The number of rotatable bonds is 8. The molecule has 11 heteroatoms. The zero-order valence-electron chi connectivity index (χ0n) is 32.9. The molecule has 4 aromatic rings. The van der Waals surface area contributed by atoms with Crippen molar-refractivity contribution in [3.63, 3.8) is 0 Å². The summed E-state index contributed by atoms with van der Waals surface area (Å²) in [7, 11) is 0. The molecule has 0 bridgehead atoms. The van der Waals surface area contributed by atoms with E-state index in [4.69, 9.17) is 29.2 Å². The van der Waals surface area contributed by atoms with Crippen molar-refractivity contribution in [3.05, 3.63) is 77.1 Å². The number of fused-ring (bicyclic) bond motifs is 1. The van der Waals surface area contributed by atoms with Gasteiger partial charge in [0.25, 0.3) is 0 Å². The Balaban J connectivity index is 1.23. The van der Waals surface area contributed by atoms with E-state index in [1.165, 1.54) is 0 Å². The Morgan fingerprint density at radius 2 is 1.25 bits per heavy atom. The molecule has 53 heavy (non-hydrogen) atoms. The zero-order valence-corrected chi connectivity index (χ0v) is 32.9. The average Bonchev–Trinajstić information content (AvgIpc) is 3.80. The number of hydrogen-bond donors (Lipinski definition) is 0. The second kappa shape index (κ2) is 13.1. The molecule has 3 fully saturated rings. The highest BCUT2D eigenvalue weighted by Gasteiger charge is 2.49. The lowest BCUT2D eigenvalue weighted by Gasteiger charge is -2.32. The van der Waals surface area contributed by atoms with Gasteiger partial charge in [-0.05, 0) is 59.8 Å². The smallest absolute Gasteiger partial charge is 0.338 e. The van der Waals surface area contributed by atoms with Gasteiger partial charge in [0.1, 0.15) is 25.0 Å². The molecule has 0 amide bonds. The quantitative estimate of drug-likeness (QED) is 0.169. The van der Waals surface area contributed by atoms with E-state index in [2.05, 4.69) is 65.2 Å². The molecule has 7 rings (SSSR count). The maximum Gasteiger partial charge on any atom is 0.338 e. The molecule has 0 aliphatic carbocycles. The number of benzene rings is 2. The van der Waals surface area contributed by atoms with Crippen molar-refractivity contribution >= 4 is 34.9 Å². The first-order chi connectivity index (χ1) is 24.8. The Morgan fingerprint density at radius 1 is 0.736 bits per heavy atom. The normalized spacial score (nSPS) is 24.2. The maximum absolute atomic E-state index is 13.4. The van der Waals surface area contributed by atoms with Gasteiger partial charge in [0.15, 0.2) is 17.0 Å². The van der Waals surface area contributed by atoms with Crippen LogP contribution in [0.25, 0.3) is 11.2 Å². The molecule has 2 aromatic carbocycles. The predicted octanol–water partition coefficient (Wildman–Crippen LogP) is 7.56. The fraction of sp³-hybridized carbons (Fsp3) is 0.548. The predicted molar refractivity (Wildman–Crippen MR) is 205 cm³/mol. The van der Waals surface area contributed by atoms with E-state index in [9.17, 15) is 9.59 Å². The molecule has 282 valence electrons. The fourth-order valence-corrected chi connectivity index (χ4v) is 7.60. The first-order valence-corrected chi connectivity index (χ1v) is 18.8. The Bertz CT molecular complexity index is 1980. The largest absolute Gasteiger partial charge is 0.459 e. The molecule has 0 spiro atoms. The minimum atomic E-state index is -0.720. The number of imidazole rings is 1. The standard InChI is InChI=1S/C42H54N6O5/c1-26-11-15-28(16-12-26)36(49)51-20-31-30(53-37(50)29-17-13-27(2)14-18-29)19-32(52-31)48-25-43-33-34(46-21-39(3,4)40(5,6)22-46)44-38(45-35(33)48)47-23-41(7,8)42(9,10)24-47/h11-18,25,30-32H,19-24H2,1-10H3/t30-,31+,32+/m0/s1. The van der Waals surface area contributed by atoms with E-state index in [0.29, 0.717) is 34.7 Å². The Morgan fingerprint density at radius 3 is 1.79 bits per heavy atom. The van der Waals surface area contributed by atoms with Crippen molar-refractivity contribution in [2.24, 2.45) is 21.7 Å². The molecule has 2 aromatic heterocycles. The third-order valence-corrected chi connectivity index (χ3v) is 12.7. The number of carbonyl (C=O) groups excluding carboxylic acids is 2. The van der Waals surface area contributed by atoms with Crippen molar-refractivity contribution in [1.82, 2.24) is 19.5 Å². The Hall–Kier alpha value is -4.51. The molecular weight excluding hydrogens is 668 g/mol. The molecule has 0 saturated carbocycles. The number of carbonyl (C=O) groups is 2. The van der Waals surface area contributed by atoms with Crippen LogP contribution < -0.4 is 9.80 Å². The summed E-state index contributed by atoms with van der Waals surface area (Å²) in [5, 5.41) is 0. The van der Waals surface area contributed by atoms with Crippen molar-refractivity contribution < 1.29 is 23.8 Å². The van der Waals surface area contributed by atoms with E-state index < -0.39 is 30.4 Å². The summed E-state index contributed by atoms with van der Waals surface area (Å²) in [6.45, 7) is 25.6. The van der Waals surface area contributed by atoms with Crippen molar-refractivity contribution in [3.8, 4) is 0 Å². The van der Waals surface area contributed by atoms with E-state index in [0.717, 1.165) is 43.1 Å². The molecule has 3 aliphatic rings. The van der Waals surface area contributed by atoms with Crippen LogP contribution in [0.15, 0.2) is 54.9 Å². The van der Waals surface area contributed by atoms with Gasteiger partial charge >= 0.3 is 11.9 Å². The highest BCUT2D eigenvalue weighted by Crippen LogP contribution is 2.49. The number of nitrogens with zero attached hydrogens (tertiary/aromatic N) is 6. The Labute approximate surface area is 313 Å². The Kier molecular flexibility index (Phi) is 9.11. The summed E-state index contributed by atoms with van der Waals surface area (Å²) in [6.07, 6.45) is 0.0621. The average molecular weight is 723 g/mol. The minimum Gasteiger partial charge on any atom is -0.459 e. The van der Waals surface area contributed by atoms with Gasteiger partial charge in [0.2, 0.25) is 5.95 Å². The van der Waals surface area contributed by atoms with Gasteiger partial charge in [0, 0.05) is 32.6 Å². The van der Waals surface area contributed by atoms with Gasteiger partial charge in [-0.15, -0.1) is 0 Å². The first kappa shape index (κ1) is 36.8. The van der Waals surface area contributed by atoms with Crippen molar-refractivity contribution in [2.75, 3.05) is 42.6 Å². The summed E-state index contributed by atoms with van der Waals surface area (Å²) < 4.78 is 20.4. The summed E-state index contributed by atoms with van der Waals surface area (Å²) in [4.78, 5) is 46.5. The molecule has 3 saturated heterocycles. The van der Waals surface area contributed by atoms with Crippen LogP contribution in [-0.4, -0.2) is 76.5 Å². The molecule has 3 aliphatic heterocycles. The second-order valence-electron chi connectivity index (χ2n) is 18.1. The van der Waals surface area contributed by atoms with Crippen LogP contribution in [0.2, 0.25) is 0 Å². The van der Waals surface area contributed by atoms with Crippen LogP contribution in [-0.2, 0) is 14.2 Å². The van der Waals surface area contributed by atoms with Crippen LogP contribution in [0.3, 0.4) is 0 Å². The third-order valence-electron chi connectivity index (χ3n) is 12.7. The lowest BCUT2D eigenvalue weighted by Crippen LogP contribution is -2.32. The number of anilines is 2. The molecule has 0 N–H and O–H groups in total.